The Kier molecular flexibility index (Phi) is 6.49. The van der Waals surface area contributed by atoms with Crippen molar-refractivity contribution >= 4 is 17.3 Å². The van der Waals surface area contributed by atoms with Crippen LogP contribution in [0.3, 0.4) is 0 Å². The number of carboxylic acids is 1. The van der Waals surface area contributed by atoms with E-state index in [1.807, 2.05) is 42.6 Å². The quantitative estimate of drug-likeness (QED) is 0.581. The number of hydrogen-bond acceptors (Lipinski definition) is 6. The summed E-state index contributed by atoms with van der Waals surface area (Å²) in [6.45, 7) is 2.00. The Bertz CT molecular complexity index is 936. The van der Waals surface area contributed by atoms with Gasteiger partial charge in [0, 0.05) is 17.4 Å². The van der Waals surface area contributed by atoms with E-state index in [0.29, 0.717) is 24.5 Å². The van der Waals surface area contributed by atoms with Crippen molar-refractivity contribution in [1.82, 2.24) is 4.98 Å². The van der Waals surface area contributed by atoms with Gasteiger partial charge in [0.05, 0.1) is 24.4 Å². The second-order valence-corrected chi connectivity index (χ2v) is 7.01. The summed E-state index contributed by atoms with van der Waals surface area (Å²) in [5, 5.41) is 11.7. The molecule has 146 valence electrons. The van der Waals surface area contributed by atoms with Crippen LogP contribution in [-0.2, 0) is 11.2 Å². The number of benzene rings is 2. The van der Waals surface area contributed by atoms with Crippen molar-refractivity contribution < 1.29 is 24.1 Å². The van der Waals surface area contributed by atoms with Crippen molar-refractivity contribution in [2.45, 2.75) is 13.3 Å². The first kappa shape index (κ1) is 19.7. The first-order valence-corrected chi connectivity index (χ1v) is 9.60. The molecule has 0 bridgehead atoms. The zero-order chi connectivity index (χ0) is 19.9. The van der Waals surface area contributed by atoms with Crippen LogP contribution in [0.2, 0.25) is 0 Å². The van der Waals surface area contributed by atoms with Gasteiger partial charge in [-0.3, -0.25) is 0 Å². The molecule has 0 aliphatic heterocycles. The summed E-state index contributed by atoms with van der Waals surface area (Å²) in [4.78, 5) is 15.2. The van der Waals surface area contributed by atoms with E-state index < -0.39 is 5.97 Å². The summed E-state index contributed by atoms with van der Waals surface area (Å²) in [5.41, 5.74) is 2.82. The van der Waals surface area contributed by atoms with Crippen molar-refractivity contribution in [1.29, 1.82) is 0 Å². The molecule has 28 heavy (non-hydrogen) atoms. The molecule has 0 unspecified atom stereocenters. The van der Waals surface area contributed by atoms with Gasteiger partial charge in [-0.15, -0.1) is 11.3 Å². The van der Waals surface area contributed by atoms with E-state index in [9.17, 15) is 4.79 Å². The second kappa shape index (κ2) is 9.23. The molecule has 0 radical (unpaired) electrons. The van der Waals surface area contributed by atoms with Crippen LogP contribution in [0.5, 0.6) is 17.2 Å². The SMILES string of the molecule is COc1ccc(-c2csc(CCOc3ccc(OCC(=O)O)c(C)c3)n2)cc1. The topological polar surface area (TPSA) is 77.9 Å². The van der Waals surface area contributed by atoms with E-state index >= 15 is 0 Å². The largest absolute Gasteiger partial charge is 0.497 e. The number of aryl methyl sites for hydroxylation is 1. The van der Waals surface area contributed by atoms with Gasteiger partial charge in [0.1, 0.15) is 17.2 Å². The number of rotatable bonds is 9. The molecular formula is C21H21NO5S. The van der Waals surface area contributed by atoms with E-state index in [1.54, 1.807) is 30.6 Å². The lowest BCUT2D eigenvalue weighted by atomic mass is 10.2. The first-order chi connectivity index (χ1) is 13.5. The molecule has 1 heterocycles. The molecule has 0 amide bonds. The molecule has 6 nitrogen and oxygen atoms in total. The Morgan fingerprint density at radius 1 is 1.11 bits per heavy atom. The number of thiazole rings is 1. The highest BCUT2D eigenvalue weighted by atomic mass is 32.1. The maximum Gasteiger partial charge on any atom is 0.341 e. The Balaban J connectivity index is 1.53. The average molecular weight is 399 g/mol. The lowest BCUT2D eigenvalue weighted by Gasteiger charge is -2.10. The molecule has 0 saturated carbocycles. The highest BCUT2D eigenvalue weighted by molar-refractivity contribution is 7.09. The van der Waals surface area contributed by atoms with Crippen LogP contribution in [-0.4, -0.2) is 36.4 Å². The molecule has 0 aliphatic rings. The molecule has 3 rings (SSSR count). The van der Waals surface area contributed by atoms with Gasteiger partial charge in [-0.25, -0.2) is 9.78 Å². The molecule has 0 fully saturated rings. The van der Waals surface area contributed by atoms with E-state index in [2.05, 4.69) is 4.98 Å². The Hall–Kier alpha value is -3.06. The van der Waals surface area contributed by atoms with Crippen LogP contribution >= 0.6 is 11.3 Å². The minimum Gasteiger partial charge on any atom is -0.497 e. The second-order valence-electron chi connectivity index (χ2n) is 6.06. The zero-order valence-electron chi connectivity index (χ0n) is 15.7. The number of ether oxygens (including phenoxy) is 3. The van der Waals surface area contributed by atoms with Gasteiger partial charge in [-0.1, -0.05) is 0 Å². The van der Waals surface area contributed by atoms with Crippen LogP contribution in [0.4, 0.5) is 0 Å². The van der Waals surface area contributed by atoms with Gasteiger partial charge in [0.25, 0.3) is 0 Å². The third-order valence-electron chi connectivity index (χ3n) is 4.02. The summed E-state index contributed by atoms with van der Waals surface area (Å²) in [6, 6.07) is 13.2. The number of methoxy groups -OCH3 is 1. The van der Waals surface area contributed by atoms with Crippen LogP contribution < -0.4 is 14.2 Å². The first-order valence-electron chi connectivity index (χ1n) is 8.72. The molecule has 0 spiro atoms. The summed E-state index contributed by atoms with van der Waals surface area (Å²) >= 11 is 1.61. The van der Waals surface area contributed by atoms with E-state index in [0.717, 1.165) is 27.6 Å². The van der Waals surface area contributed by atoms with E-state index in [-0.39, 0.29) is 6.61 Å². The third kappa shape index (κ3) is 5.23. The Morgan fingerprint density at radius 2 is 1.86 bits per heavy atom. The Morgan fingerprint density at radius 3 is 2.54 bits per heavy atom. The predicted octanol–water partition coefficient (Wildman–Crippen LogP) is 4.21. The molecular weight excluding hydrogens is 378 g/mol. The minimum atomic E-state index is -1.00. The van der Waals surface area contributed by atoms with Crippen LogP contribution in [0.1, 0.15) is 10.6 Å². The molecule has 0 saturated heterocycles. The molecule has 7 heteroatoms. The number of aliphatic carboxylic acids is 1. The molecule has 3 aromatic rings. The normalized spacial score (nSPS) is 10.5. The smallest absolute Gasteiger partial charge is 0.341 e. The van der Waals surface area contributed by atoms with Crippen molar-refractivity contribution in [3.05, 3.63) is 58.4 Å². The van der Waals surface area contributed by atoms with Gasteiger partial charge >= 0.3 is 5.97 Å². The number of carbonyl (C=O) groups is 1. The summed E-state index contributed by atoms with van der Waals surface area (Å²) in [5.74, 6) is 1.07. The number of hydrogen-bond donors (Lipinski definition) is 1. The summed E-state index contributed by atoms with van der Waals surface area (Å²) in [7, 11) is 1.65. The van der Waals surface area contributed by atoms with Gasteiger partial charge in [0.15, 0.2) is 6.61 Å². The molecule has 1 aromatic heterocycles. The van der Waals surface area contributed by atoms with E-state index in [4.69, 9.17) is 19.3 Å². The Labute approximate surface area is 167 Å². The van der Waals surface area contributed by atoms with Gasteiger partial charge in [-0.2, -0.15) is 0 Å². The predicted molar refractivity (Wildman–Crippen MR) is 108 cm³/mol. The maximum absolute atomic E-state index is 10.6. The van der Waals surface area contributed by atoms with Gasteiger partial charge in [0.2, 0.25) is 0 Å². The number of aromatic nitrogens is 1. The van der Waals surface area contributed by atoms with E-state index in [1.165, 1.54) is 0 Å². The zero-order valence-corrected chi connectivity index (χ0v) is 16.5. The lowest BCUT2D eigenvalue weighted by molar-refractivity contribution is -0.139. The summed E-state index contributed by atoms with van der Waals surface area (Å²) < 4.78 is 16.2. The van der Waals surface area contributed by atoms with Crippen molar-refractivity contribution in [2.75, 3.05) is 20.3 Å². The fourth-order valence-electron chi connectivity index (χ4n) is 2.59. The molecule has 2 aromatic carbocycles. The van der Waals surface area contributed by atoms with Crippen molar-refractivity contribution in [2.24, 2.45) is 0 Å². The standard InChI is InChI=1S/C21H21NO5S/c1-14-11-17(7-8-19(14)27-12-21(23)24)26-10-9-20-22-18(13-28-20)15-3-5-16(25-2)6-4-15/h3-8,11,13H,9-10,12H2,1-2H3,(H,23,24). The maximum atomic E-state index is 10.6. The monoisotopic (exact) mass is 399 g/mol. The highest BCUT2D eigenvalue weighted by Gasteiger charge is 2.07. The number of nitrogens with zero attached hydrogens (tertiary/aromatic N) is 1. The third-order valence-corrected chi connectivity index (χ3v) is 4.93. The molecule has 0 aliphatic carbocycles. The minimum absolute atomic E-state index is 0.360. The molecule has 0 atom stereocenters. The fourth-order valence-corrected chi connectivity index (χ4v) is 3.38. The van der Waals surface area contributed by atoms with Gasteiger partial charge in [-0.05, 0) is 55.0 Å². The van der Waals surface area contributed by atoms with Crippen molar-refractivity contribution in [3.8, 4) is 28.5 Å². The molecule has 1 N–H and O–H groups in total. The van der Waals surface area contributed by atoms with Gasteiger partial charge < -0.3 is 19.3 Å². The summed E-state index contributed by atoms with van der Waals surface area (Å²) in [6.07, 6.45) is 0.705. The average Bonchev–Trinajstić information content (AvgIpc) is 3.16. The fraction of sp³-hybridized carbons (Fsp3) is 0.238. The highest BCUT2D eigenvalue weighted by Crippen LogP contribution is 2.26. The lowest BCUT2D eigenvalue weighted by Crippen LogP contribution is -2.10. The van der Waals surface area contributed by atoms with Crippen LogP contribution in [0, 0.1) is 6.92 Å². The van der Waals surface area contributed by atoms with Crippen LogP contribution in [0.25, 0.3) is 11.3 Å². The number of carboxylic acid groups (broad SMARTS) is 1. The van der Waals surface area contributed by atoms with Crippen molar-refractivity contribution in [3.63, 3.8) is 0 Å². The van der Waals surface area contributed by atoms with Crippen LogP contribution in [0.15, 0.2) is 47.8 Å².